The molecule has 0 aliphatic carbocycles. The molecule has 0 radical (unpaired) electrons. The lowest BCUT2D eigenvalue weighted by molar-refractivity contribution is 0.145. The standard InChI is InChI=1S/C15H15BrFNO/c16-13-9-11(17)6-7-12(13)15(18)14(19)8-10-4-2-1-3-5-10/h1-7,9,14-15,19H,8,18H2/t14-,15+/m1/s1. The van der Waals surface area contributed by atoms with Crippen molar-refractivity contribution in [3.05, 3.63) is 69.9 Å². The van der Waals surface area contributed by atoms with Crippen molar-refractivity contribution >= 4 is 15.9 Å². The molecule has 0 aromatic heterocycles. The fraction of sp³-hybridized carbons (Fsp3) is 0.200. The van der Waals surface area contributed by atoms with Gasteiger partial charge >= 0.3 is 0 Å². The fourth-order valence-electron chi connectivity index (χ4n) is 1.96. The van der Waals surface area contributed by atoms with E-state index < -0.39 is 12.1 Å². The van der Waals surface area contributed by atoms with Crippen LogP contribution in [0.5, 0.6) is 0 Å². The lowest BCUT2D eigenvalue weighted by Gasteiger charge is -2.20. The van der Waals surface area contributed by atoms with Crippen LogP contribution >= 0.6 is 15.9 Å². The Labute approximate surface area is 120 Å². The minimum Gasteiger partial charge on any atom is -0.391 e. The summed E-state index contributed by atoms with van der Waals surface area (Å²) in [5, 5.41) is 10.2. The Morgan fingerprint density at radius 3 is 2.47 bits per heavy atom. The van der Waals surface area contributed by atoms with Crippen molar-refractivity contribution in [1.82, 2.24) is 0 Å². The second-order valence-electron chi connectivity index (χ2n) is 4.45. The number of benzene rings is 2. The monoisotopic (exact) mass is 323 g/mol. The molecule has 2 aromatic carbocycles. The predicted molar refractivity (Wildman–Crippen MR) is 77.2 cm³/mol. The van der Waals surface area contributed by atoms with Gasteiger partial charge < -0.3 is 10.8 Å². The van der Waals surface area contributed by atoms with Gasteiger partial charge in [-0.3, -0.25) is 0 Å². The first-order chi connectivity index (χ1) is 9.08. The molecule has 0 saturated carbocycles. The molecule has 3 N–H and O–H groups in total. The zero-order valence-corrected chi connectivity index (χ0v) is 11.8. The van der Waals surface area contributed by atoms with Gasteiger partial charge in [0, 0.05) is 10.9 Å². The van der Waals surface area contributed by atoms with Gasteiger partial charge in [0.1, 0.15) is 5.82 Å². The van der Waals surface area contributed by atoms with Gasteiger partial charge in [-0.2, -0.15) is 0 Å². The van der Waals surface area contributed by atoms with Gasteiger partial charge in [-0.1, -0.05) is 52.3 Å². The van der Waals surface area contributed by atoms with Crippen LogP contribution in [0.15, 0.2) is 53.0 Å². The number of nitrogens with two attached hydrogens (primary N) is 1. The number of hydrogen-bond acceptors (Lipinski definition) is 2. The molecule has 2 rings (SSSR count). The number of aliphatic hydroxyl groups excluding tert-OH is 1. The third-order valence-corrected chi connectivity index (χ3v) is 3.71. The van der Waals surface area contributed by atoms with Crippen LogP contribution in [0.4, 0.5) is 4.39 Å². The lowest BCUT2D eigenvalue weighted by atomic mass is 9.97. The van der Waals surface area contributed by atoms with Crippen molar-refractivity contribution in [3.63, 3.8) is 0 Å². The van der Waals surface area contributed by atoms with E-state index in [9.17, 15) is 9.50 Å². The van der Waals surface area contributed by atoms with E-state index in [0.717, 1.165) is 5.56 Å². The molecule has 0 unspecified atom stereocenters. The smallest absolute Gasteiger partial charge is 0.124 e. The van der Waals surface area contributed by atoms with Crippen molar-refractivity contribution in [2.45, 2.75) is 18.6 Å². The Kier molecular flexibility index (Phi) is 4.69. The van der Waals surface area contributed by atoms with Crippen LogP contribution in [0.3, 0.4) is 0 Å². The summed E-state index contributed by atoms with van der Waals surface area (Å²) in [5.41, 5.74) is 7.75. The van der Waals surface area contributed by atoms with E-state index in [1.807, 2.05) is 30.3 Å². The van der Waals surface area contributed by atoms with Crippen molar-refractivity contribution < 1.29 is 9.50 Å². The summed E-state index contributed by atoms with van der Waals surface area (Å²) >= 11 is 3.27. The summed E-state index contributed by atoms with van der Waals surface area (Å²) in [6.45, 7) is 0. The van der Waals surface area contributed by atoms with Crippen molar-refractivity contribution in [2.24, 2.45) is 5.73 Å². The maximum absolute atomic E-state index is 13.0. The van der Waals surface area contributed by atoms with Gasteiger partial charge in [0.2, 0.25) is 0 Å². The molecular weight excluding hydrogens is 309 g/mol. The largest absolute Gasteiger partial charge is 0.391 e. The second-order valence-corrected chi connectivity index (χ2v) is 5.30. The molecule has 0 aliphatic heterocycles. The van der Waals surface area contributed by atoms with Crippen molar-refractivity contribution in [2.75, 3.05) is 0 Å². The van der Waals surface area contributed by atoms with Crippen LogP contribution in [0, 0.1) is 5.82 Å². The third-order valence-electron chi connectivity index (χ3n) is 3.02. The van der Waals surface area contributed by atoms with E-state index in [-0.39, 0.29) is 5.82 Å². The van der Waals surface area contributed by atoms with Crippen LogP contribution < -0.4 is 5.73 Å². The maximum atomic E-state index is 13.0. The third kappa shape index (κ3) is 3.62. The molecule has 2 atom stereocenters. The molecule has 0 bridgehead atoms. The van der Waals surface area contributed by atoms with Gasteiger partial charge in [-0.05, 0) is 23.3 Å². The molecule has 2 aromatic rings. The van der Waals surface area contributed by atoms with E-state index >= 15 is 0 Å². The highest BCUT2D eigenvalue weighted by Crippen LogP contribution is 2.26. The van der Waals surface area contributed by atoms with E-state index in [0.29, 0.717) is 16.5 Å². The molecule has 100 valence electrons. The Morgan fingerprint density at radius 1 is 1.16 bits per heavy atom. The SMILES string of the molecule is N[C@@H](c1ccc(F)cc1Br)[C@H](O)Cc1ccccc1. The molecule has 0 aliphatic rings. The maximum Gasteiger partial charge on any atom is 0.124 e. The van der Waals surface area contributed by atoms with Crippen LogP contribution in [0.1, 0.15) is 17.2 Å². The van der Waals surface area contributed by atoms with Crippen LogP contribution in [-0.4, -0.2) is 11.2 Å². The molecule has 0 saturated heterocycles. The molecule has 0 amide bonds. The molecule has 4 heteroatoms. The van der Waals surface area contributed by atoms with E-state index in [4.69, 9.17) is 5.73 Å². The summed E-state index contributed by atoms with van der Waals surface area (Å²) in [7, 11) is 0. The average molecular weight is 324 g/mol. The minimum atomic E-state index is -0.718. The summed E-state index contributed by atoms with van der Waals surface area (Å²) < 4.78 is 13.6. The summed E-state index contributed by atoms with van der Waals surface area (Å²) in [6, 6.07) is 13.4. The van der Waals surface area contributed by atoms with Crippen LogP contribution in [0.2, 0.25) is 0 Å². The first kappa shape index (κ1) is 14.2. The van der Waals surface area contributed by atoms with Gasteiger partial charge in [-0.15, -0.1) is 0 Å². The molecule has 19 heavy (non-hydrogen) atoms. The zero-order chi connectivity index (χ0) is 13.8. The van der Waals surface area contributed by atoms with Gasteiger partial charge in [0.05, 0.1) is 12.1 Å². The van der Waals surface area contributed by atoms with Crippen LogP contribution in [0.25, 0.3) is 0 Å². The van der Waals surface area contributed by atoms with Gasteiger partial charge in [0.25, 0.3) is 0 Å². The van der Waals surface area contributed by atoms with E-state index in [1.165, 1.54) is 12.1 Å². The fourth-order valence-corrected chi connectivity index (χ4v) is 2.58. The number of rotatable bonds is 4. The van der Waals surface area contributed by atoms with E-state index in [1.54, 1.807) is 6.07 Å². The summed E-state index contributed by atoms with van der Waals surface area (Å²) in [4.78, 5) is 0. The highest BCUT2D eigenvalue weighted by molar-refractivity contribution is 9.10. The Balaban J connectivity index is 2.12. The Bertz CT molecular complexity index is 547. The predicted octanol–water partition coefficient (Wildman–Crippen LogP) is 3.19. The molecule has 2 nitrogen and oxygen atoms in total. The molecular formula is C15H15BrFNO. The highest BCUT2D eigenvalue weighted by atomic mass is 79.9. The van der Waals surface area contributed by atoms with Crippen molar-refractivity contribution in [1.29, 1.82) is 0 Å². The first-order valence-corrected chi connectivity index (χ1v) is 6.80. The number of hydrogen-bond donors (Lipinski definition) is 2. The number of halogens is 2. The lowest BCUT2D eigenvalue weighted by Crippen LogP contribution is -2.28. The number of aliphatic hydroxyl groups is 1. The minimum absolute atomic E-state index is 0.333. The molecule has 0 heterocycles. The summed E-state index contributed by atoms with van der Waals surface area (Å²) in [6.07, 6.45) is -0.254. The quantitative estimate of drug-likeness (QED) is 0.907. The van der Waals surface area contributed by atoms with Crippen LogP contribution in [-0.2, 0) is 6.42 Å². The molecule has 0 fully saturated rings. The van der Waals surface area contributed by atoms with Gasteiger partial charge in [0.15, 0.2) is 0 Å². The summed E-state index contributed by atoms with van der Waals surface area (Å²) in [5.74, 6) is -0.333. The average Bonchev–Trinajstić information content (AvgIpc) is 2.39. The first-order valence-electron chi connectivity index (χ1n) is 6.00. The molecule has 0 spiro atoms. The zero-order valence-electron chi connectivity index (χ0n) is 10.3. The second kappa shape index (κ2) is 6.28. The van der Waals surface area contributed by atoms with Crippen molar-refractivity contribution in [3.8, 4) is 0 Å². The van der Waals surface area contributed by atoms with E-state index in [2.05, 4.69) is 15.9 Å². The normalized spacial score (nSPS) is 14.1. The Morgan fingerprint density at radius 2 is 1.84 bits per heavy atom. The van der Waals surface area contributed by atoms with Gasteiger partial charge in [-0.25, -0.2) is 4.39 Å². The Hall–Kier alpha value is -1.23. The highest BCUT2D eigenvalue weighted by Gasteiger charge is 2.19. The topological polar surface area (TPSA) is 46.2 Å².